The Balaban J connectivity index is 1.89. The minimum absolute atomic E-state index is 0.0259. The van der Waals surface area contributed by atoms with Crippen LogP contribution in [0.25, 0.3) is 0 Å². The average molecular weight is 378 g/mol. The highest BCUT2D eigenvalue weighted by molar-refractivity contribution is 7.92. The number of aryl methyl sites for hydroxylation is 1. The zero-order valence-corrected chi connectivity index (χ0v) is 15.3. The van der Waals surface area contributed by atoms with E-state index in [1.54, 1.807) is 23.1 Å². The second-order valence-electron chi connectivity index (χ2n) is 6.02. The second-order valence-corrected chi connectivity index (χ2v) is 7.70. The summed E-state index contributed by atoms with van der Waals surface area (Å²) in [6.45, 7) is 2.16. The number of carbonyl (C=O) groups excluding carboxylic acids is 1. The van der Waals surface area contributed by atoms with Crippen LogP contribution in [0.15, 0.2) is 41.3 Å². The summed E-state index contributed by atoms with van der Waals surface area (Å²) in [5.74, 6) is -0.826. The van der Waals surface area contributed by atoms with E-state index in [0.29, 0.717) is 12.2 Å². The molecule has 2 aromatic carbocycles. The Kier molecular flexibility index (Phi) is 4.86. The number of nitrogens with one attached hydrogen (secondary N) is 1. The Bertz CT molecular complexity index is 960. The molecule has 0 saturated heterocycles. The van der Waals surface area contributed by atoms with E-state index in [1.807, 2.05) is 0 Å². The van der Waals surface area contributed by atoms with Crippen molar-refractivity contribution in [1.82, 2.24) is 0 Å². The van der Waals surface area contributed by atoms with E-state index in [2.05, 4.69) is 4.72 Å². The fourth-order valence-electron chi connectivity index (χ4n) is 3.02. The minimum atomic E-state index is -3.94. The van der Waals surface area contributed by atoms with Gasteiger partial charge in [0, 0.05) is 24.8 Å². The number of anilines is 2. The number of fused-ring (bicyclic) bond motifs is 1. The van der Waals surface area contributed by atoms with Crippen LogP contribution in [0.5, 0.6) is 5.75 Å². The summed E-state index contributed by atoms with van der Waals surface area (Å²) in [4.78, 5) is 13.2. The Morgan fingerprint density at radius 1 is 1.23 bits per heavy atom. The van der Waals surface area contributed by atoms with Gasteiger partial charge in [-0.2, -0.15) is 0 Å². The van der Waals surface area contributed by atoms with E-state index in [4.69, 9.17) is 4.74 Å². The Morgan fingerprint density at radius 3 is 2.65 bits per heavy atom. The lowest BCUT2D eigenvalue weighted by Crippen LogP contribution is -2.33. The van der Waals surface area contributed by atoms with Gasteiger partial charge >= 0.3 is 0 Å². The third kappa shape index (κ3) is 3.50. The number of methoxy groups -OCH3 is 1. The van der Waals surface area contributed by atoms with Crippen LogP contribution in [-0.4, -0.2) is 28.0 Å². The monoisotopic (exact) mass is 378 g/mol. The molecule has 26 heavy (non-hydrogen) atoms. The van der Waals surface area contributed by atoms with Crippen molar-refractivity contribution in [1.29, 1.82) is 0 Å². The number of ether oxygens (including phenoxy) is 1. The van der Waals surface area contributed by atoms with Crippen LogP contribution in [-0.2, 0) is 21.2 Å². The lowest BCUT2D eigenvalue weighted by atomic mass is 10.0. The van der Waals surface area contributed by atoms with Crippen molar-refractivity contribution in [2.24, 2.45) is 0 Å². The number of sulfonamides is 1. The third-order valence-corrected chi connectivity index (χ3v) is 5.64. The maximum atomic E-state index is 13.8. The van der Waals surface area contributed by atoms with Gasteiger partial charge in [0.25, 0.3) is 10.0 Å². The first-order chi connectivity index (χ1) is 12.3. The van der Waals surface area contributed by atoms with Crippen LogP contribution in [0.2, 0.25) is 0 Å². The molecule has 1 N–H and O–H groups in total. The molecule has 138 valence electrons. The van der Waals surface area contributed by atoms with Gasteiger partial charge in [0.1, 0.15) is 0 Å². The highest BCUT2D eigenvalue weighted by Crippen LogP contribution is 2.31. The molecule has 1 aliphatic heterocycles. The molecule has 2 aromatic rings. The molecule has 0 saturated carbocycles. The first-order valence-corrected chi connectivity index (χ1v) is 9.57. The predicted octanol–water partition coefficient (Wildman–Crippen LogP) is 2.93. The molecule has 0 unspecified atom stereocenters. The van der Waals surface area contributed by atoms with Crippen molar-refractivity contribution in [2.45, 2.75) is 24.7 Å². The zero-order chi connectivity index (χ0) is 18.9. The highest BCUT2D eigenvalue weighted by atomic mass is 32.2. The molecular formula is C18H19FN2O4S. The average Bonchev–Trinajstić information content (AvgIpc) is 2.60. The quantitative estimate of drug-likeness (QED) is 0.888. The third-order valence-electron chi connectivity index (χ3n) is 4.26. The number of carbonyl (C=O) groups is 1. The predicted molar refractivity (Wildman–Crippen MR) is 96.6 cm³/mol. The number of benzene rings is 2. The zero-order valence-electron chi connectivity index (χ0n) is 14.5. The first kappa shape index (κ1) is 18.2. The van der Waals surface area contributed by atoms with E-state index >= 15 is 0 Å². The molecule has 0 aromatic heterocycles. The van der Waals surface area contributed by atoms with Gasteiger partial charge in [0.2, 0.25) is 5.91 Å². The molecule has 0 atom stereocenters. The highest BCUT2D eigenvalue weighted by Gasteiger charge is 2.22. The topological polar surface area (TPSA) is 75.7 Å². The van der Waals surface area contributed by atoms with Gasteiger partial charge in [-0.05, 0) is 54.8 Å². The van der Waals surface area contributed by atoms with Crippen LogP contribution in [0.3, 0.4) is 0 Å². The SMILES string of the molecule is COc1ccc(S(=O)(=O)Nc2ccc3c(c2)CCCN3C(C)=O)cc1F. The number of halogens is 1. The molecule has 0 radical (unpaired) electrons. The number of hydrogen-bond acceptors (Lipinski definition) is 4. The smallest absolute Gasteiger partial charge is 0.262 e. The van der Waals surface area contributed by atoms with Crippen molar-refractivity contribution in [3.05, 3.63) is 47.8 Å². The van der Waals surface area contributed by atoms with Gasteiger partial charge in [-0.1, -0.05) is 0 Å². The molecule has 0 aliphatic carbocycles. The summed E-state index contributed by atoms with van der Waals surface area (Å²) in [6, 6.07) is 8.49. The number of nitrogens with zero attached hydrogens (tertiary/aromatic N) is 1. The molecule has 0 bridgehead atoms. The van der Waals surface area contributed by atoms with Crippen LogP contribution in [0.1, 0.15) is 18.9 Å². The summed E-state index contributed by atoms with van der Waals surface area (Å²) in [6.07, 6.45) is 1.57. The van der Waals surface area contributed by atoms with Crippen LogP contribution < -0.4 is 14.4 Å². The molecule has 3 rings (SSSR count). The summed E-state index contributed by atoms with van der Waals surface area (Å²) in [5.41, 5.74) is 2.06. The maximum absolute atomic E-state index is 13.8. The van der Waals surface area contributed by atoms with Crippen molar-refractivity contribution < 1.29 is 22.3 Å². The molecule has 1 aliphatic rings. The molecule has 1 heterocycles. The van der Waals surface area contributed by atoms with Crippen molar-refractivity contribution >= 4 is 27.3 Å². The van der Waals surface area contributed by atoms with E-state index < -0.39 is 15.8 Å². The van der Waals surface area contributed by atoms with Crippen LogP contribution >= 0.6 is 0 Å². The lowest BCUT2D eigenvalue weighted by Gasteiger charge is -2.29. The summed E-state index contributed by atoms with van der Waals surface area (Å²) >= 11 is 0. The first-order valence-electron chi connectivity index (χ1n) is 8.09. The Labute approximate surface area is 151 Å². The van der Waals surface area contributed by atoms with Gasteiger partial charge in [-0.3, -0.25) is 9.52 Å². The molecule has 0 fully saturated rings. The number of hydrogen-bond donors (Lipinski definition) is 1. The summed E-state index contributed by atoms with van der Waals surface area (Å²) in [7, 11) is -2.64. The van der Waals surface area contributed by atoms with Gasteiger partial charge < -0.3 is 9.64 Å². The molecule has 0 spiro atoms. The van der Waals surface area contributed by atoms with E-state index in [9.17, 15) is 17.6 Å². The molecular weight excluding hydrogens is 359 g/mol. The second kappa shape index (κ2) is 6.95. The Morgan fingerprint density at radius 2 is 2.00 bits per heavy atom. The van der Waals surface area contributed by atoms with E-state index in [1.165, 1.54) is 26.2 Å². The largest absolute Gasteiger partial charge is 0.494 e. The van der Waals surface area contributed by atoms with Crippen molar-refractivity contribution in [3.8, 4) is 5.75 Å². The van der Waals surface area contributed by atoms with Gasteiger partial charge in [-0.25, -0.2) is 12.8 Å². The summed E-state index contributed by atoms with van der Waals surface area (Å²) in [5, 5.41) is 0. The van der Waals surface area contributed by atoms with Gasteiger partial charge in [0.05, 0.1) is 12.0 Å². The van der Waals surface area contributed by atoms with E-state index in [-0.39, 0.29) is 16.6 Å². The fraction of sp³-hybridized carbons (Fsp3) is 0.278. The van der Waals surface area contributed by atoms with Crippen LogP contribution in [0.4, 0.5) is 15.8 Å². The minimum Gasteiger partial charge on any atom is -0.494 e. The molecule has 6 nitrogen and oxygen atoms in total. The van der Waals surface area contributed by atoms with Gasteiger partial charge in [0.15, 0.2) is 11.6 Å². The number of amides is 1. The normalized spacial score (nSPS) is 13.9. The molecule has 8 heteroatoms. The molecule has 1 amide bonds. The standard InChI is InChI=1S/C18H19FN2O4S/c1-12(22)21-9-3-4-13-10-14(5-7-17(13)21)20-26(23,24)15-6-8-18(25-2)16(19)11-15/h5-8,10-11,20H,3-4,9H2,1-2H3. The lowest BCUT2D eigenvalue weighted by molar-refractivity contribution is -0.116. The van der Waals surface area contributed by atoms with Crippen molar-refractivity contribution in [2.75, 3.05) is 23.3 Å². The summed E-state index contributed by atoms with van der Waals surface area (Å²) < 4.78 is 46.1. The maximum Gasteiger partial charge on any atom is 0.262 e. The van der Waals surface area contributed by atoms with Crippen LogP contribution in [0, 0.1) is 5.82 Å². The van der Waals surface area contributed by atoms with E-state index in [0.717, 1.165) is 30.2 Å². The Hall–Kier alpha value is -2.61. The fourth-order valence-corrected chi connectivity index (χ4v) is 4.08. The van der Waals surface area contributed by atoms with Crippen molar-refractivity contribution in [3.63, 3.8) is 0 Å². The van der Waals surface area contributed by atoms with Gasteiger partial charge in [-0.15, -0.1) is 0 Å². The number of rotatable bonds is 4.